The average Bonchev–Trinajstić information content (AvgIpc) is 2.82. The first-order valence-corrected chi connectivity index (χ1v) is 4.74. The maximum Gasteiger partial charge on any atom is 0.211 e. The number of aromatic nitrogens is 4. The minimum Gasteiger partial charge on any atom is -0.508 e. The van der Waals surface area contributed by atoms with E-state index in [1.165, 1.54) is 24.5 Å². The lowest BCUT2D eigenvalue weighted by atomic mass is 10.1. The predicted octanol–water partition coefficient (Wildman–Crippen LogP) is 0.679. The summed E-state index contributed by atoms with van der Waals surface area (Å²) in [6.07, 6.45) is 1.25. The molecule has 7 nitrogen and oxygen atoms in total. The molecule has 84 valence electrons. The number of nitrogens with one attached hydrogen (secondary N) is 1. The van der Waals surface area contributed by atoms with Gasteiger partial charge >= 0.3 is 0 Å². The minimum atomic E-state index is -0.271. The zero-order valence-corrected chi connectivity index (χ0v) is 8.41. The van der Waals surface area contributed by atoms with E-state index in [1.54, 1.807) is 0 Å². The van der Waals surface area contributed by atoms with Crippen molar-refractivity contribution in [1.29, 1.82) is 0 Å². The minimum absolute atomic E-state index is 0.0351. The molecule has 17 heavy (non-hydrogen) atoms. The number of fused-ring (bicyclic) bond motifs is 1. The lowest BCUT2D eigenvalue weighted by molar-refractivity contribution is 0.474. The molecular formula is C10H6N4O3. The fraction of sp³-hybridized carbons (Fsp3) is 0. The first-order chi connectivity index (χ1) is 8.25. The van der Waals surface area contributed by atoms with E-state index in [4.69, 9.17) is 4.42 Å². The molecule has 3 rings (SSSR count). The Balaban J connectivity index is 2.34. The van der Waals surface area contributed by atoms with Crippen molar-refractivity contribution in [2.75, 3.05) is 0 Å². The molecule has 0 aliphatic rings. The highest BCUT2D eigenvalue weighted by Gasteiger charge is 2.12. The summed E-state index contributed by atoms with van der Waals surface area (Å²) < 4.78 is 5.25. The number of H-pyrrole nitrogens is 1. The lowest BCUT2D eigenvalue weighted by Gasteiger charge is -1.99. The molecule has 2 aromatic heterocycles. The van der Waals surface area contributed by atoms with Crippen molar-refractivity contribution in [3.8, 4) is 17.1 Å². The molecule has 0 amide bonds. The summed E-state index contributed by atoms with van der Waals surface area (Å²) in [5.74, 6) is 0.210. The van der Waals surface area contributed by atoms with Gasteiger partial charge in [-0.15, -0.1) is 10.2 Å². The van der Waals surface area contributed by atoms with Crippen LogP contribution >= 0.6 is 0 Å². The van der Waals surface area contributed by atoms with Gasteiger partial charge in [0.25, 0.3) is 0 Å². The molecule has 0 aliphatic carbocycles. The van der Waals surface area contributed by atoms with Gasteiger partial charge < -0.3 is 9.52 Å². The van der Waals surface area contributed by atoms with Crippen molar-refractivity contribution in [3.63, 3.8) is 0 Å². The van der Waals surface area contributed by atoms with Crippen molar-refractivity contribution in [3.05, 3.63) is 34.7 Å². The molecule has 2 N–H and O–H groups in total. The van der Waals surface area contributed by atoms with Crippen LogP contribution < -0.4 is 5.43 Å². The lowest BCUT2D eigenvalue weighted by Crippen LogP contribution is -2.05. The quantitative estimate of drug-likeness (QED) is 0.636. The van der Waals surface area contributed by atoms with Gasteiger partial charge in [-0.1, -0.05) is 0 Å². The molecule has 0 spiro atoms. The molecule has 2 heterocycles. The third kappa shape index (κ3) is 1.44. The van der Waals surface area contributed by atoms with Crippen molar-refractivity contribution in [2.24, 2.45) is 0 Å². The van der Waals surface area contributed by atoms with Gasteiger partial charge in [0.2, 0.25) is 11.3 Å². The zero-order valence-electron chi connectivity index (χ0n) is 8.41. The Kier molecular flexibility index (Phi) is 1.91. The SMILES string of the molecule is O=c1c(-c2nn[nH]n2)coc2cc(O)ccc12. The van der Waals surface area contributed by atoms with E-state index in [9.17, 15) is 9.90 Å². The predicted molar refractivity (Wildman–Crippen MR) is 57.3 cm³/mol. The maximum absolute atomic E-state index is 12.1. The van der Waals surface area contributed by atoms with E-state index in [0.717, 1.165) is 0 Å². The fourth-order valence-electron chi connectivity index (χ4n) is 1.55. The van der Waals surface area contributed by atoms with Gasteiger partial charge in [-0.3, -0.25) is 4.79 Å². The molecule has 3 aromatic rings. The first kappa shape index (κ1) is 9.52. The van der Waals surface area contributed by atoms with Crippen molar-refractivity contribution in [2.45, 2.75) is 0 Å². The molecule has 0 unspecified atom stereocenters. The molecule has 0 radical (unpaired) electrons. The maximum atomic E-state index is 12.1. The van der Waals surface area contributed by atoms with Gasteiger partial charge in [0.05, 0.1) is 5.39 Å². The van der Waals surface area contributed by atoms with Gasteiger partial charge in [-0.25, -0.2) is 0 Å². The van der Waals surface area contributed by atoms with Crippen LogP contribution in [0.4, 0.5) is 0 Å². The van der Waals surface area contributed by atoms with Crippen molar-refractivity contribution < 1.29 is 9.52 Å². The number of nitrogens with zero attached hydrogens (tertiary/aromatic N) is 3. The second-order valence-electron chi connectivity index (χ2n) is 3.39. The summed E-state index contributed by atoms with van der Waals surface area (Å²) in [5.41, 5.74) is 0.256. The molecule has 0 bridgehead atoms. The van der Waals surface area contributed by atoms with Crippen LogP contribution in [0.2, 0.25) is 0 Å². The largest absolute Gasteiger partial charge is 0.508 e. The van der Waals surface area contributed by atoms with Crippen LogP contribution in [0.15, 0.2) is 33.7 Å². The number of rotatable bonds is 1. The third-order valence-electron chi connectivity index (χ3n) is 2.34. The van der Waals surface area contributed by atoms with Crippen LogP contribution in [0, 0.1) is 0 Å². The smallest absolute Gasteiger partial charge is 0.211 e. The van der Waals surface area contributed by atoms with Gasteiger partial charge in [-0.05, 0) is 17.3 Å². The Bertz CT molecular complexity index is 733. The van der Waals surface area contributed by atoms with Crippen LogP contribution in [-0.4, -0.2) is 25.7 Å². The monoisotopic (exact) mass is 230 g/mol. The highest BCUT2D eigenvalue weighted by Crippen LogP contribution is 2.19. The number of aromatic amines is 1. The molecule has 0 saturated heterocycles. The Morgan fingerprint density at radius 2 is 2.24 bits per heavy atom. The number of phenolic OH excluding ortho intramolecular Hbond substituents is 1. The zero-order chi connectivity index (χ0) is 11.8. The molecule has 7 heteroatoms. The van der Waals surface area contributed by atoms with Crippen LogP contribution in [0.1, 0.15) is 0 Å². The van der Waals surface area contributed by atoms with Crippen LogP contribution in [-0.2, 0) is 0 Å². The van der Waals surface area contributed by atoms with Crippen LogP contribution in [0.3, 0.4) is 0 Å². The fourth-order valence-corrected chi connectivity index (χ4v) is 1.55. The van der Waals surface area contributed by atoms with E-state index in [2.05, 4.69) is 20.6 Å². The Morgan fingerprint density at radius 3 is 3.00 bits per heavy atom. The summed E-state index contributed by atoms with van der Waals surface area (Å²) >= 11 is 0. The Hall–Kier alpha value is -2.70. The van der Waals surface area contributed by atoms with Gasteiger partial charge in [-0.2, -0.15) is 5.21 Å². The summed E-state index contributed by atoms with van der Waals surface area (Å²) in [6, 6.07) is 4.27. The Labute approximate surface area is 93.7 Å². The summed E-state index contributed by atoms with van der Waals surface area (Å²) in [7, 11) is 0. The second kappa shape index (κ2) is 3.41. The molecule has 0 aliphatic heterocycles. The standard InChI is InChI=1S/C10H6N4O3/c15-5-1-2-6-8(3-5)17-4-7(9(6)16)10-11-13-14-12-10/h1-4,15H,(H,11,12,13,14). The van der Waals surface area contributed by atoms with E-state index in [1.807, 2.05) is 0 Å². The molecular weight excluding hydrogens is 224 g/mol. The number of benzene rings is 1. The van der Waals surface area contributed by atoms with Gasteiger partial charge in [0.15, 0.2) is 0 Å². The highest BCUT2D eigenvalue weighted by atomic mass is 16.3. The highest BCUT2D eigenvalue weighted by molar-refractivity contribution is 5.81. The van der Waals surface area contributed by atoms with Gasteiger partial charge in [0.1, 0.15) is 23.2 Å². The third-order valence-corrected chi connectivity index (χ3v) is 2.34. The molecule has 0 atom stereocenters. The molecule has 1 aromatic carbocycles. The van der Waals surface area contributed by atoms with E-state index in [0.29, 0.717) is 11.0 Å². The Morgan fingerprint density at radius 1 is 1.35 bits per heavy atom. The van der Waals surface area contributed by atoms with Crippen LogP contribution in [0.25, 0.3) is 22.4 Å². The summed E-state index contributed by atoms with van der Waals surface area (Å²) in [4.78, 5) is 12.1. The van der Waals surface area contributed by atoms with E-state index >= 15 is 0 Å². The van der Waals surface area contributed by atoms with Crippen LogP contribution in [0.5, 0.6) is 5.75 Å². The normalized spacial score (nSPS) is 10.8. The first-order valence-electron chi connectivity index (χ1n) is 4.74. The summed E-state index contributed by atoms with van der Waals surface area (Å²) in [6.45, 7) is 0. The topological polar surface area (TPSA) is 105 Å². The van der Waals surface area contributed by atoms with Crippen molar-refractivity contribution in [1.82, 2.24) is 20.6 Å². The number of tetrazole rings is 1. The van der Waals surface area contributed by atoms with E-state index < -0.39 is 0 Å². The van der Waals surface area contributed by atoms with Crippen molar-refractivity contribution >= 4 is 11.0 Å². The number of hydrogen-bond acceptors (Lipinski definition) is 6. The molecule has 0 fully saturated rings. The van der Waals surface area contributed by atoms with E-state index in [-0.39, 0.29) is 22.6 Å². The van der Waals surface area contributed by atoms with Gasteiger partial charge in [0, 0.05) is 6.07 Å². The summed E-state index contributed by atoms with van der Waals surface area (Å²) in [5, 5.41) is 22.7. The number of hydrogen-bond donors (Lipinski definition) is 2. The average molecular weight is 230 g/mol. The number of phenols is 1. The number of aromatic hydroxyl groups is 1. The molecule has 0 saturated carbocycles. The second-order valence-corrected chi connectivity index (χ2v) is 3.39.